The highest BCUT2D eigenvalue weighted by Gasteiger charge is 2.41. The van der Waals surface area contributed by atoms with Gasteiger partial charge in [-0.2, -0.15) is 0 Å². The molecule has 0 aromatic heterocycles. The average Bonchev–Trinajstić information content (AvgIpc) is 2.78. The maximum Gasteiger partial charge on any atom is 0.325 e. The van der Waals surface area contributed by atoms with Crippen LogP contribution in [0, 0.1) is 5.92 Å². The third-order valence-electron chi connectivity index (χ3n) is 3.35. The van der Waals surface area contributed by atoms with Crippen LogP contribution in [0.2, 0.25) is 5.54 Å². The van der Waals surface area contributed by atoms with Gasteiger partial charge in [-0.15, -0.1) is 0 Å². The predicted molar refractivity (Wildman–Crippen MR) is 59.6 cm³/mol. The van der Waals surface area contributed by atoms with Crippen LogP contribution in [0.25, 0.3) is 0 Å². The van der Waals surface area contributed by atoms with Crippen molar-refractivity contribution in [1.29, 1.82) is 0 Å². The minimum atomic E-state index is -1.37. The van der Waals surface area contributed by atoms with Gasteiger partial charge in [-0.1, -0.05) is 11.6 Å². The summed E-state index contributed by atoms with van der Waals surface area (Å²) >= 11 is 0. The minimum absolute atomic E-state index is 0.759. The Kier molecular flexibility index (Phi) is 3.41. The van der Waals surface area contributed by atoms with E-state index in [9.17, 15) is 0 Å². The van der Waals surface area contributed by atoms with Crippen molar-refractivity contribution in [2.24, 2.45) is 5.92 Å². The van der Waals surface area contributed by atoms with Crippen LogP contribution in [0.3, 0.4) is 0 Å². The van der Waals surface area contributed by atoms with Crippen LogP contribution in [0.15, 0.2) is 11.6 Å². The van der Waals surface area contributed by atoms with Gasteiger partial charge < -0.3 is 8.85 Å². The van der Waals surface area contributed by atoms with E-state index < -0.39 is 9.28 Å². The Morgan fingerprint density at radius 1 is 1.29 bits per heavy atom. The van der Waals surface area contributed by atoms with Crippen molar-refractivity contribution in [3.8, 4) is 0 Å². The normalized spacial score (nSPS) is 30.1. The number of fused-ring (bicyclic) bond motifs is 2. The first-order valence-corrected chi connectivity index (χ1v) is 7.37. The molecular weight excluding hydrogens is 192 g/mol. The molecule has 80 valence electrons. The maximum absolute atomic E-state index is 5.81. The van der Waals surface area contributed by atoms with Crippen LogP contribution in [0.5, 0.6) is 0 Å². The summed E-state index contributed by atoms with van der Waals surface area (Å²) in [5.74, 6) is 0.861. The zero-order valence-electron chi connectivity index (χ0n) is 9.16. The first-order valence-electron chi connectivity index (χ1n) is 5.76. The number of hydrogen-bond donors (Lipinski definition) is 0. The van der Waals surface area contributed by atoms with Gasteiger partial charge in [0.1, 0.15) is 0 Å². The Bertz CT molecular complexity index is 221. The molecule has 1 saturated carbocycles. The van der Waals surface area contributed by atoms with Gasteiger partial charge >= 0.3 is 9.28 Å². The van der Waals surface area contributed by atoms with E-state index in [4.69, 9.17) is 8.85 Å². The number of hydrogen-bond acceptors (Lipinski definition) is 2. The topological polar surface area (TPSA) is 18.5 Å². The van der Waals surface area contributed by atoms with Crippen molar-refractivity contribution in [3.05, 3.63) is 11.6 Å². The summed E-state index contributed by atoms with van der Waals surface area (Å²) < 4.78 is 11.6. The second kappa shape index (κ2) is 4.60. The fraction of sp³-hybridized carbons (Fsp3) is 0.818. The zero-order chi connectivity index (χ0) is 9.97. The summed E-state index contributed by atoms with van der Waals surface area (Å²) in [6.45, 7) is 5.79. The van der Waals surface area contributed by atoms with Gasteiger partial charge in [-0.05, 0) is 39.0 Å². The molecule has 2 unspecified atom stereocenters. The molecule has 2 bridgehead atoms. The number of allylic oxidation sites excluding steroid dienone is 2. The Morgan fingerprint density at radius 2 is 2.00 bits per heavy atom. The Labute approximate surface area is 88.1 Å². The lowest BCUT2D eigenvalue weighted by molar-refractivity contribution is 0.197. The molecule has 0 heterocycles. The molecule has 0 aromatic rings. The molecule has 0 aliphatic heterocycles. The zero-order valence-corrected chi connectivity index (χ0v) is 10.3. The van der Waals surface area contributed by atoms with Crippen molar-refractivity contribution in [2.45, 2.75) is 38.7 Å². The van der Waals surface area contributed by atoms with E-state index >= 15 is 0 Å². The van der Waals surface area contributed by atoms with Gasteiger partial charge in [-0.3, -0.25) is 0 Å². The van der Waals surface area contributed by atoms with Gasteiger partial charge in [-0.25, -0.2) is 0 Å². The van der Waals surface area contributed by atoms with Gasteiger partial charge in [0, 0.05) is 18.8 Å². The highest BCUT2D eigenvalue weighted by molar-refractivity contribution is 6.46. The SMILES string of the molecule is CCO[SiH](OCC)C1CC2=CCC1C2. The van der Waals surface area contributed by atoms with E-state index in [0.29, 0.717) is 0 Å². The standard InChI is InChI=1S/C11H20O2Si/c1-3-12-14(13-4-2)11-8-9-5-6-10(11)7-9/h5,10-11,14H,3-4,6-8H2,1-2H3. The summed E-state index contributed by atoms with van der Waals surface area (Å²) in [5, 5.41) is 0. The minimum Gasteiger partial charge on any atom is -0.397 e. The molecule has 0 saturated heterocycles. The first-order chi connectivity index (χ1) is 6.85. The third-order valence-corrected chi connectivity index (χ3v) is 6.15. The molecule has 1 fully saturated rings. The molecule has 0 aromatic carbocycles. The van der Waals surface area contributed by atoms with Gasteiger partial charge in [0.15, 0.2) is 0 Å². The molecule has 0 N–H and O–H groups in total. The fourth-order valence-electron chi connectivity index (χ4n) is 2.73. The van der Waals surface area contributed by atoms with E-state index in [1.54, 1.807) is 5.57 Å². The fourth-order valence-corrected chi connectivity index (χ4v) is 5.21. The quantitative estimate of drug-likeness (QED) is 0.514. The van der Waals surface area contributed by atoms with Crippen molar-refractivity contribution in [1.82, 2.24) is 0 Å². The predicted octanol–water partition coefficient (Wildman–Crippen LogP) is 2.39. The summed E-state index contributed by atoms with van der Waals surface area (Å²) in [6.07, 6.45) is 6.30. The smallest absolute Gasteiger partial charge is 0.325 e. The van der Waals surface area contributed by atoms with Crippen LogP contribution in [0.1, 0.15) is 33.1 Å². The molecule has 2 aliphatic rings. The molecule has 2 aliphatic carbocycles. The van der Waals surface area contributed by atoms with Crippen LogP contribution >= 0.6 is 0 Å². The largest absolute Gasteiger partial charge is 0.397 e. The highest BCUT2D eigenvalue weighted by atomic mass is 28.3. The van der Waals surface area contributed by atoms with Crippen molar-refractivity contribution < 1.29 is 8.85 Å². The summed E-state index contributed by atoms with van der Waals surface area (Å²) in [7, 11) is -1.37. The maximum atomic E-state index is 5.81. The van der Waals surface area contributed by atoms with Crippen LogP contribution < -0.4 is 0 Å². The summed E-state index contributed by atoms with van der Waals surface area (Å²) in [5.41, 5.74) is 2.42. The van der Waals surface area contributed by atoms with Crippen molar-refractivity contribution in [2.75, 3.05) is 13.2 Å². The highest BCUT2D eigenvalue weighted by Crippen LogP contribution is 2.49. The molecule has 0 radical (unpaired) electrons. The van der Waals surface area contributed by atoms with Crippen molar-refractivity contribution in [3.63, 3.8) is 0 Å². The Morgan fingerprint density at radius 3 is 2.43 bits per heavy atom. The van der Waals surface area contributed by atoms with Crippen molar-refractivity contribution >= 4 is 9.28 Å². The molecule has 3 heteroatoms. The average molecular weight is 212 g/mol. The molecule has 2 rings (SSSR count). The van der Waals surface area contributed by atoms with E-state index in [1.807, 2.05) is 0 Å². The molecule has 14 heavy (non-hydrogen) atoms. The van der Waals surface area contributed by atoms with Gasteiger partial charge in [0.25, 0.3) is 0 Å². The summed E-state index contributed by atoms with van der Waals surface area (Å²) in [4.78, 5) is 0. The van der Waals surface area contributed by atoms with Gasteiger partial charge in [0.05, 0.1) is 0 Å². The van der Waals surface area contributed by atoms with E-state index in [1.165, 1.54) is 19.3 Å². The Hall–Kier alpha value is -0.123. The van der Waals surface area contributed by atoms with Crippen LogP contribution in [-0.4, -0.2) is 22.5 Å². The first kappa shape index (κ1) is 10.4. The van der Waals surface area contributed by atoms with Crippen LogP contribution in [0.4, 0.5) is 0 Å². The Balaban J connectivity index is 1.94. The second-order valence-corrected chi connectivity index (χ2v) is 6.47. The molecular formula is C11H20O2Si. The van der Waals surface area contributed by atoms with Gasteiger partial charge in [0.2, 0.25) is 0 Å². The van der Waals surface area contributed by atoms with E-state index in [-0.39, 0.29) is 0 Å². The molecule has 2 nitrogen and oxygen atoms in total. The molecule has 0 amide bonds. The monoisotopic (exact) mass is 212 g/mol. The van der Waals surface area contributed by atoms with E-state index in [2.05, 4.69) is 19.9 Å². The third kappa shape index (κ3) is 1.95. The van der Waals surface area contributed by atoms with E-state index in [0.717, 1.165) is 24.7 Å². The summed E-state index contributed by atoms with van der Waals surface area (Å²) in [6, 6.07) is 0. The second-order valence-electron chi connectivity index (χ2n) is 4.21. The number of rotatable bonds is 5. The molecule has 2 atom stereocenters. The lowest BCUT2D eigenvalue weighted by Crippen LogP contribution is -2.31. The lowest BCUT2D eigenvalue weighted by Gasteiger charge is -2.26. The molecule has 0 spiro atoms. The lowest BCUT2D eigenvalue weighted by atomic mass is 10.1. The van der Waals surface area contributed by atoms with Crippen LogP contribution in [-0.2, 0) is 8.85 Å².